The highest BCUT2D eigenvalue weighted by Crippen LogP contribution is 2.34. The van der Waals surface area contributed by atoms with E-state index in [1.54, 1.807) is 18.0 Å². The molecule has 1 fully saturated rings. The van der Waals surface area contributed by atoms with Crippen LogP contribution in [0.15, 0.2) is 18.2 Å². The third-order valence-electron chi connectivity index (χ3n) is 3.68. The number of hydrogen-bond acceptors (Lipinski definition) is 3. The lowest BCUT2D eigenvalue weighted by Crippen LogP contribution is -2.24. The highest BCUT2D eigenvalue weighted by molar-refractivity contribution is 5.51. The van der Waals surface area contributed by atoms with Crippen molar-refractivity contribution in [3.8, 4) is 0 Å². The molecule has 0 amide bonds. The number of nitrogens with two attached hydrogens (primary N) is 1. The smallest absolute Gasteiger partial charge is 0.379 e. The number of alkyl halides is 3. The lowest BCUT2D eigenvalue weighted by Gasteiger charge is -2.22. The van der Waals surface area contributed by atoms with E-state index in [-0.39, 0.29) is 12.1 Å². The van der Waals surface area contributed by atoms with E-state index in [4.69, 9.17) is 10.5 Å². The fraction of sp³-hybridized carbons (Fsp3) is 0.600. The van der Waals surface area contributed by atoms with Gasteiger partial charge in [0.1, 0.15) is 0 Å². The largest absolute Gasteiger partial charge is 0.416 e. The minimum atomic E-state index is -4.38. The molecule has 2 rings (SSSR count). The number of halogens is 3. The standard InChI is InChI=1S/C15H21F3N2O/c1-20(6-7-21-10-11-2-3-11)13-5-4-12(9-19)14(8-13)15(16,17)18/h4-5,8,11H,2-3,6-7,9-10,19H2,1H3. The van der Waals surface area contributed by atoms with Crippen LogP contribution in [-0.4, -0.2) is 26.8 Å². The summed E-state index contributed by atoms with van der Waals surface area (Å²) < 4.78 is 44.5. The molecule has 3 nitrogen and oxygen atoms in total. The van der Waals surface area contributed by atoms with Crippen molar-refractivity contribution in [3.05, 3.63) is 29.3 Å². The van der Waals surface area contributed by atoms with Crippen LogP contribution in [0.3, 0.4) is 0 Å². The van der Waals surface area contributed by atoms with Crippen molar-refractivity contribution in [3.63, 3.8) is 0 Å². The SMILES string of the molecule is CN(CCOCC1CC1)c1ccc(CN)c(C(F)(F)F)c1. The molecule has 1 saturated carbocycles. The van der Waals surface area contributed by atoms with E-state index in [9.17, 15) is 13.2 Å². The van der Waals surface area contributed by atoms with Crippen molar-refractivity contribution in [1.29, 1.82) is 0 Å². The van der Waals surface area contributed by atoms with E-state index in [1.165, 1.54) is 18.9 Å². The van der Waals surface area contributed by atoms with E-state index >= 15 is 0 Å². The molecule has 0 bridgehead atoms. The number of ether oxygens (including phenoxy) is 1. The molecular formula is C15H21F3N2O. The van der Waals surface area contributed by atoms with Gasteiger partial charge < -0.3 is 15.4 Å². The van der Waals surface area contributed by atoms with Gasteiger partial charge in [-0.3, -0.25) is 0 Å². The first-order chi connectivity index (χ1) is 9.91. The van der Waals surface area contributed by atoms with Gasteiger partial charge in [0.05, 0.1) is 12.2 Å². The van der Waals surface area contributed by atoms with Gasteiger partial charge in [0.25, 0.3) is 0 Å². The highest BCUT2D eigenvalue weighted by atomic mass is 19.4. The number of benzene rings is 1. The number of likely N-dealkylation sites (N-methyl/N-ethyl adjacent to an activating group) is 1. The summed E-state index contributed by atoms with van der Waals surface area (Å²) in [6, 6.07) is 4.26. The van der Waals surface area contributed by atoms with Crippen molar-refractivity contribution in [2.75, 3.05) is 31.7 Å². The molecule has 1 aromatic carbocycles. The first kappa shape index (κ1) is 16.1. The first-order valence-corrected chi connectivity index (χ1v) is 7.11. The summed E-state index contributed by atoms with van der Waals surface area (Å²) in [5.74, 6) is 0.691. The average Bonchev–Trinajstić information content (AvgIpc) is 3.26. The molecule has 118 valence electrons. The molecule has 1 aromatic rings. The maximum atomic E-state index is 13.0. The predicted octanol–water partition coefficient (Wildman–Crippen LogP) is 3.03. The molecule has 0 heterocycles. The van der Waals surface area contributed by atoms with Crippen molar-refractivity contribution in [2.45, 2.75) is 25.6 Å². The molecule has 0 atom stereocenters. The van der Waals surface area contributed by atoms with Gasteiger partial charge in [-0.15, -0.1) is 0 Å². The molecule has 1 aliphatic carbocycles. The number of hydrogen-bond donors (Lipinski definition) is 1. The summed E-state index contributed by atoms with van der Waals surface area (Å²) in [4.78, 5) is 1.77. The lowest BCUT2D eigenvalue weighted by molar-refractivity contribution is -0.138. The fourth-order valence-electron chi connectivity index (χ4n) is 2.11. The maximum Gasteiger partial charge on any atom is 0.416 e. The van der Waals surface area contributed by atoms with E-state index in [0.717, 1.165) is 12.7 Å². The minimum absolute atomic E-state index is 0.115. The lowest BCUT2D eigenvalue weighted by atomic mass is 10.1. The zero-order valence-corrected chi connectivity index (χ0v) is 12.1. The molecule has 0 saturated heterocycles. The second-order valence-electron chi connectivity index (χ2n) is 5.48. The van der Waals surface area contributed by atoms with Crippen LogP contribution in [0, 0.1) is 5.92 Å². The van der Waals surface area contributed by atoms with Gasteiger partial charge in [-0.1, -0.05) is 6.07 Å². The summed E-state index contributed by atoms with van der Waals surface area (Å²) in [6.07, 6.45) is -1.93. The van der Waals surface area contributed by atoms with Gasteiger partial charge in [0, 0.05) is 32.4 Å². The Kier molecular flexibility index (Phi) is 5.11. The van der Waals surface area contributed by atoms with E-state index in [2.05, 4.69) is 0 Å². The molecular weight excluding hydrogens is 281 g/mol. The molecule has 0 spiro atoms. The Balaban J connectivity index is 1.97. The topological polar surface area (TPSA) is 38.5 Å². The van der Waals surface area contributed by atoms with Crippen LogP contribution in [0.1, 0.15) is 24.0 Å². The second kappa shape index (κ2) is 6.66. The van der Waals surface area contributed by atoms with Gasteiger partial charge in [-0.05, 0) is 36.5 Å². The minimum Gasteiger partial charge on any atom is -0.379 e. The van der Waals surface area contributed by atoms with Gasteiger partial charge in [0.2, 0.25) is 0 Å². The van der Waals surface area contributed by atoms with Crippen LogP contribution in [0.2, 0.25) is 0 Å². The van der Waals surface area contributed by atoms with Crippen LogP contribution in [0.4, 0.5) is 18.9 Å². The molecule has 2 N–H and O–H groups in total. The number of anilines is 1. The normalized spacial score (nSPS) is 15.3. The van der Waals surface area contributed by atoms with Gasteiger partial charge in [-0.2, -0.15) is 13.2 Å². The number of rotatable bonds is 7. The Morgan fingerprint density at radius 2 is 2.05 bits per heavy atom. The zero-order chi connectivity index (χ0) is 15.5. The highest BCUT2D eigenvalue weighted by Gasteiger charge is 2.33. The molecule has 21 heavy (non-hydrogen) atoms. The molecule has 0 aliphatic heterocycles. The van der Waals surface area contributed by atoms with E-state index < -0.39 is 11.7 Å². The van der Waals surface area contributed by atoms with Crippen molar-refractivity contribution in [1.82, 2.24) is 0 Å². The van der Waals surface area contributed by atoms with Crippen LogP contribution < -0.4 is 10.6 Å². The molecule has 0 unspecified atom stereocenters. The van der Waals surface area contributed by atoms with Crippen molar-refractivity contribution in [2.24, 2.45) is 11.7 Å². The van der Waals surface area contributed by atoms with Gasteiger partial charge in [0.15, 0.2) is 0 Å². The third kappa shape index (κ3) is 4.61. The Labute approximate surface area is 122 Å². The Hall–Kier alpha value is -1.27. The third-order valence-corrected chi connectivity index (χ3v) is 3.68. The number of nitrogens with zero attached hydrogens (tertiary/aromatic N) is 1. The van der Waals surface area contributed by atoms with Crippen molar-refractivity contribution >= 4 is 5.69 Å². The van der Waals surface area contributed by atoms with Gasteiger partial charge >= 0.3 is 6.18 Å². The van der Waals surface area contributed by atoms with Crippen molar-refractivity contribution < 1.29 is 17.9 Å². The monoisotopic (exact) mass is 302 g/mol. The molecule has 0 radical (unpaired) electrons. The summed E-state index contributed by atoms with van der Waals surface area (Å²) in [5.41, 5.74) is 5.35. The summed E-state index contributed by atoms with van der Waals surface area (Å²) >= 11 is 0. The quantitative estimate of drug-likeness (QED) is 0.787. The molecule has 1 aliphatic rings. The summed E-state index contributed by atoms with van der Waals surface area (Å²) in [6.45, 7) is 1.72. The predicted molar refractivity (Wildman–Crippen MR) is 76.1 cm³/mol. The Morgan fingerprint density at radius 3 is 2.62 bits per heavy atom. The Morgan fingerprint density at radius 1 is 1.33 bits per heavy atom. The van der Waals surface area contributed by atoms with Gasteiger partial charge in [-0.25, -0.2) is 0 Å². The van der Waals surface area contributed by atoms with E-state index in [0.29, 0.717) is 24.8 Å². The van der Waals surface area contributed by atoms with Crippen LogP contribution in [0.5, 0.6) is 0 Å². The van der Waals surface area contributed by atoms with Crippen LogP contribution >= 0.6 is 0 Å². The average molecular weight is 302 g/mol. The second-order valence-corrected chi connectivity index (χ2v) is 5.48. The first-order valence-electron chi connectivity index (χ1n) is 7.11. The summed E-state index contributed by atoms with van der Waals surface area (Å²) in [5, 5.41) is 0. The maximum absolute atomic E-state index is 13.0. The van der Waals surface area contributed by atoms with Crippen LogP contribution in [0.25, 0.3) is 0 Å². The van der Waals surface area contributed by atoms with E-state index in [1.807, 2.05) is 0 Å². The Bertz CT molecular complexity index is 472. The molecule has 6 heteroatoms. The summed E-state index contributed by atoms with van der Waals surface area (Å²) in [7, 11) is 1.76. The zero-order valence-electron chi connectivity index (χ0n) is 12.1. The fourth-order valence-corrected chi connectivity index (χ4v) is 2.11. The molecule has 0 aromatic heterocycles. The van der Waals surface area contributed by atoms with Crippen LogP contribution in [-0.2, 0) is 17.5 Å².